The van der Waals surface area contributed by atoms with Gasteiger partial charge in [0.2, 0.25) is 0 Å². The molecule has 0 aliphatic rings. The lowest BCUT2D eigenvalue weighted by molar-refractivity contribution is -0.137. The van der Waals surface area contributed by atoms with Crippen LogP contribution in [0.25, 0.3) is 0 Å². The molecule has 2 rings (SSSR count). The van der Waals surface area contributed by atoms with Crippen LogP contribution in [-0.2, 0) is 6.18 Å². The van der Waals surface area contributed by atoms with Gasteiger partial charge in [-0.15, -0.1) is 0 Å². The Morgan fingerprint density at radius 3 is 2.52 bits per heavy atom. The number of pyridine rings is 1. The summed E-state index contributed by atoms with van der Waals surface area (Å²) in [5.74, 6) is -0.619. The number of nitrogens with one attached hydrogen (secondary N) is 1. The van der Waals surface area contributed by atoms with Crippen molar-refractivity contribution in [2.24, 2.45) is 0 Å². The molecule has 23 heavy (non-hydrogen) atoms. The molecule has 7 heteroatoms. The van der Waals surface area contributed by atoms with Crippen LogP contribution in [0.1, 0.15) is 17.2 Å². The Morgan fingerprint density at radius 1 is 1.17 bits per heavy atom. The molecule has 0 saturated heterocycles. The van der Waals surface area contributed by atoms with Crippen molar-refractivity contribution in [2.45, 2.75) is 12.2 Å². The van der Waals surface area contributed by atoms with Crippen LogP contribution in [0.4, 0.5) is 23.4 Å². The summed E-state index contributed by atoms with van der Waals surface area (Å²) < 4.78 is 52.3. The average molecular weight is 327 g/mol. The zero-order valence-corrected chi connectivity index (χ0v) is 12.7. The molecule has 0 saturated carbocycles. The Labute approximate surface area is 132 Å². The van der Waals surface area contributed by atoms with Gasteiger partial charge in [0.15, 0.2) is 0 Å². The predicted octanol–water partition coefficient (Wildman–Crippen LogP) is 3.95. The number of alkyl halides is 3. The van der Waals surface area contributed by atoms with Crippen molar-refractivity contribution >= 4 is 5.82 Å². The molecule has 1 heterocycles. The predicted molar refractivity (Wildman–Crippen MR) is 80.6 cm³/mol. The van der Waals surface area contributed by atoms with Crippen LogP contribution in [0, 0.1) is 5.82 Å². The molecule has 0 spiro atoms. The number of likely N-dealkylation sites (N-methyl/N-ethyl adjacent to an activating group) is 1. The first-order chi connectivity index (χ1) is 10.8. The second kappa shape index (κ2) is 6.95. The second-order valence-corrected chi connectivity index (χ2v) is 5.31. The molecule has 0 bridgehead atoms. The minimum Gasteiger partial charge on any atom is -0.368 e. The van der Waals surface area contributed by atoms with E-state index in [9.17, 15) is 17.6 Å². The molecular formula is C16H17F4N3. The third-order valence-electron chi connectivity index (χ3n) is 3.43. The van der Waals surface area contributed by atoms with Gasteiger partial charge in [-0.2, -0.15) is 13.2 Å². The van der Waals surface area contributed by atoms with Crippen molar-refractivity contribution in [2.75, 3.05) is 26.0 Å². The molecular weight excluding hydrogens is 310 g/mol. The summed E-state index contributed by atoms with van der Waals surface area (Å²) in [5, 5.41) is 2.72. The molecule has 0 amide bonds. The largest absolute Gasteiger partial charge is 0.419 e. The summed E-state index contributed by atoms with van der Waals surface area (Å²) in [7, 11) is 3.56. The van der Waals surface area contributed by atoms with E-state index in [1.54, 1.807) is 31.1 Å². The lowest BCUT2D eigenvalue weighted by atomic mass is 10.1. The first-order valence-corrected chi connectivity index (χ1v) is 6.97. The summed E-state index contributed by atoms with van der Waals surface area (Å²) in [6.07, 6.45) is -3.19. The molecule has 124 valence electrons. The fraction of sp³-hybridized carbons (Fsp3) is 0.312. The lowest BCUT2D eigenvalue weighted by Gasteiger charge is -2.26. The van der Waals surface area contributed by atoms with Gasteiger partial charge in [-0.05, 0) is 43.9 Å². The number of halogens is 4. The van der Waals surface area contributed by atoms with Gasteiger partial charge in [0, 0.05) is 12.7 Å². The van der Waals surface area contributed by atoms with E-state index in [0.717, 1.165) is 6.07 Å². The highest BCUT2D eigenvalue weighted by Gasteiger charge is 2.34. The maximum absolute atomic E-state index is 13.4. The number of aromatic nitrogens is 1. The van der Waals surface area contributed by atoms with Gasteiger partial charge in [0.1, 0.15) is 11.6 Å². The van der Waals surface area contributed by atoms with E-state index in [2.05, 4.69) is 10.3 Å². The zero-order valence-electron chi connectivity index (χ0n) is 12.7. The minimum atomic E-state index is -4.48. The van der Waals surface area contributed by atoms with Crippen LogP contribution in [0.15, 0.2) is 42.6 Å². The molecule has 1 aromatic heterocycles. The Balaban J connectivity index is 2.21. The van der Waals surface area contributed by atoms with Crippen molar-refractivity contribution in [1.29, 1.82) is 0 Å². The quantitative estimate of drug-likeness (QED) is 0.843. The maximum Gasteiger partial charge on any atom is 0.419 e. The summed E-state index contributed by atoms with van der Waals surface area (Å²) in [5.41, 5.74) is -0.149. The van der Waals surface area contributed by atoms with Gasteiger partial charge < -0.3 is 10.2 Å². The van der Waals surface area contributed by atoms with E-state index in [4.69, 9.17) is 0 Å². The normalized spacial score (nSPS) is 13.2. The average Bonchev–Trinajstić information content (AvgIpc) is 2.46. The van der Waals surface area contributed by atoms with Gasteiger partial charge in [-0.1, -0.05) is 12.1 Å². The van der Waals surface area contributed by atoms with Gasteiger partial charge in [0.05, 0.1) is 11.6 Å². The van der Waals surface area contributed by atoms with E-state index in [-0.39, 0.29) is 24.2 Å². The van der Waals surface area contributed by atoms with Gasteiger partial charge in [-0.3, -0.25) is 0 Å². The fourth-order valence-electron chi connectivity index (χ4n) is 2.28. The van der Waals surface area contributed by atoms with Gasteiger partial charge in [0.25, 0.3) is 0 Å². The molecule has 0 aliphatic heterocycles. The highest BCUT2D eigenvalue weighted by molar-refractivity contribution is 5.46. The van der Waals surface area contributed by atoms with E-state index < -0.39 is 11.7 Å². The monoisotopic (exact) mass is 327 g/mol. The summed E-state index contributed by atoms with van der Waals surface area (Å²) in [6, 6.07) is 7.92. The zero-order chi connectivity index (χ0) is 17.0. The number of hydrogen-bond donors (Lipinski definition) is 1. The number of rotatable bonds is 5. The molecule has 1 aromatic carbocycles. The summed E-state index contributed by atoms with van der Waals surface area (Å²) in [6.45, 7) is 0.163. The van der Waals surface area contributed by atoms with Crippen molar-refractivity contribution in [3.63, 3.8) is 0 Å². The van der Waals surface area contributed by atoms with Crippen LogP contribution in [0.3, 0.4) is 0 Å². The Morgan fingerprint density at radius 2 is 1.91 bits per heavy atom. The van der Waals surface area contributed by atoms with Crippen LogP contribution in [-0.4, -0.2) is 30.5 Å². The minimum absolute atomic E-state index is 0.163. The smallest absolute Gasteiger partial charge is 0.368 e. The SMILES string of the molecule is CN(C)C(CNc1ncccc1C(F)(F)F)c1cccc(F)c1. The Kier molecular flexibility index (Phi) is 5.20. The number of nitrogens with zero attached hydrogens (tertiary/aromatic N) is 2. The molecule has 3 nitrogen and oxygen atoms in total. The Bertz CT molecular complexity index is 656. The van der Waals surface area contributed by atoms with Crippen LogP contribution in [0.2, 0.25) is 0 Å². The molecule has 1 N–H and O–H groups in total. The number of hydrogen-bond acceptors (Lipinski definition) is 3. The fourth-order valence-corrected chi connectivity index (χ4v) is 2.28. The van der Waals surface area contributed by atoms with E-state index in [1.807, 2.05) is 0 Å². The summed E-state index contributed by atoms with van der Waals surface area (Å²) >= 11 is 0. The van der Waals surface area contributed by atoms with Crippen LogP contribution in [0.5, 0.6) is 0 Å². The van der Waals surface area contributed by atoms with Crippen LogP contribution >= 0.6 is 0 Å². The van der Waals surface area contributed by atoms with E-state index >= 15 is 0 Å². The van der Waals surface area contributed by atoms with Crippen molar-refractivity contribution in [1.82, 2.24) is 9.88 Å². The molecule has 1 atom stereocenters. The maximum atomic E-state index is 13.4. The molecule has 0 radical (unpaired) electrons. The third kappa shape index (κ3) is 4.41. The first-order valence-electron chi connectivity index (χ1n) is 6.97. The van der Waals surface area contributed by atoms with Gasteiger partial charge in [-0.25, -0.2) is 9.37 Å². The highest BCUT2D eigenvalue weighted by Crippen LogP contribution is 2.33. The Hall–Kier alpha value is -2.15. The first kappa shape index (κ1) is 17.2. The van der Waals surface area contributed by atoms with Crippen molar-refractivity contribution < 1.29 is 17.6 Å². The standard InChI is InChI=1S/C16H17F4N3/c1-23(2)14(11-5-3-6-12(17)9-11)10-22-15-13(16(18,19)20)7-4-8-21-15/h3-9,14H,10H2,1-2H3,(H,21,22). The molecule has 1 unspecified atom stereocenters. The van der Waals surface area contributed by atoms with E-state index in [1.165, 1.54) is 24.4 Å². The van der Waals surface area contributed by atoms with E-state index in [0.29, 0.717) is 5.56 Å². The van der Waals surface area contributed by atoms with Crippen molar-refractivity contribution in [3.05, 3.63) is 59.5 Å². The number of benzene rings is 1. The second-order valence-electron chi connectivity index (χ2n) is 5.31. The van der Waals surface area contributed by atoms with Crippen molar-refractivity contribution in [3.8, 4) is 0 Å². The molecule has 0 aliphatic carbocycles. The van der Waals surface area contributed by atoms with Gasteiger partial charge >= 0.3 is 6.18 Å². The highest BCUT2D eigenvalue weighted by atomic mass is 19.4. The summed E-state index contributed by atoms with van der Waals surface area (Å²) in [4.78, 5) is 5.57. The lowest BCUT2D eigenvalue weighted by Crippen LogP contribution is -2.27. The third-order valence-corrected chi connectivity index (χ3v) is 3.43. The molecule has 2 aromatic rings. The van der Waals surface area contributed by atoms with Crippen LogP contribution < -0.4 is 5.32 Å². The molecule has 0 fully saturated rings. The number of anilines is 1. The topological polar surface area (TPSA) is 28.2 Å².